The van der Waals surface area contributed by atoms with Gasteiger partial charge >= 0.3 is 0 Å². The van der Waals surface area contributed by atoms with E-state index in [1.54, 1.807) is 23.3 Å². The summed E-state index contributed by atoms with van der Waals surface area (Å²) in [6, 6.07) is 7.18. The second-order valence-electron chi connectivity index (χ2n) is 4.75. The average molecular weight is 301 g/mol. The first kappa shape index (κ1) is 14.1. The van der Waals surface area contributed by atoms with Crippen molar-refractivity contribution in [3.63, 3.8) is 0 Å². The molecule has 5 nitrogen and oxygen atoms in total. The first-order valence-corrected chi connectivity index (χ1v) is 6.67. The van der Waals surface area contributed by atoms with Crippen LogP contribution >= 0.6 is 0 Å². The van der Waals surface area contributed by atoms with Crippen molar-refractivity contribution in [3.8, 4) is 0 Å². The molecule has 0 radical (unpaired) electrons. The number of benzene rings is 1. The lowest BCUT2D eigenvalue weighted by Crippen LogP contribution is -2.02. The Hall–Kier alpha value is -2.83. The smallest absolute Gasteiger partial charge is 0.149 e. The van der Waals surface area contributed by atoms with Crippen LogP contribution in [-0.4, -0.2) is 20.0 Å². The molecule has 3 rings (SSSR count). The van der Waals surface area contributed by atoms with Crippen molar-refractivity contribution in [1.82, 2.24) is 20.0 Å². The summed E-state index contributed by atoms with van der Waals surface area (Å²) in [5, 5.41) is 10.9. The molecule has 0 amide bonds. The standard InChI is InChI=1S/C15H13F2N5/c16-12-3-4-15(14(17)6-12)19-8-13-10-22(21-20-13)9-11-2-1-5-18-7-11/h1-7,10,19H,8-9H2. The zero-order valence-electron chi connectivity index (χ0n) is 11.6. The number of nitrogens with one attached hydrogen (secondary N) is 1. The largest absolute Gasteiger partial charge is 0.377 e. The van der Waals surface area contributed by atoms with Crippen LogP contribution in [0.5, 0.6) is 0 Å². The van der Waals surface area contributed by atoms with Crippen LogP contribution in [0, 0.1) is 11.6 Å². The maximum atomic E-state index is 13.5. The summed E-state index contributed by atoms with van der Waals surface area (Å²) in [7, 11) is 0. The van der Waals surface area contributed by atoms with Crippen molar-refractivity contribution in [3.05, 3.63) is 71.8 Å². The molecule has 2 aromatic heterocycles. The van der Waals surface area contributed by atoms with Crippen molar-refractivity contribution in [2.45, 2.75) is 13.1 Å². The van der Waals surface area contributed by atoms with Crippen molar-refractivity contribution >= 4 is 5.69 Å². The SMILES string of the molecule is Fc1ccc(NCc2cn(Cc3cccnc3)nn2)c(F)c1. The van der Waals surface area contributed by atoms with Crippen molar-refractivity contribution < 1.29 is 8.78 Å². The second-order valence-corrected chi connectivity index (χ2v) is 4.75. The van der Waals surface area contributed by atoms with Crippen LogP contribution in [0.15, 0.2) is 48.9 Å². The van der Waals surface area contributed by atoms with Gasteiger partial charge in [-0.3, -0.25) is 4.98 Å². The number of hydrogen-bond donors (Lipinski definition) is 1. The monoisotopic (exact) mass is 301 g/mol. The van der Waals surface area contributed by atoms with E-state index in [9.17, 15) is 8.78 Å². The van der Waals surface area contributed by atoms with E-state index in [1.807, 2.05) is 12.1 Å². The van der Waals surface area contributed by atoms with Gasteiger partial charge in [0.25, 0.3) is 0 Å². The Morgan fingerprint density at radius 2 is 2.09 bits per heavy atom. The van der Waals surface area contributed by atoms with Crippen molar-refractivity contribution in [1.29, 1.82) is 0 Å². The topological polar surface area (TPSA) is 55.6 Å². The van der Waals surface area contributed by atoms with Crippen molar-refractivity contribution in [2.75, 3.05) is 5.32 Å². The molecule has 0 saturated heterocycles. The number of pyridine rings is 1. The van der Waals surface area contributed by atoms with Gasteiger partial charge in [0.1, 0.15) is 17.3 Å². The normalized spacial score (nSPS) is 10.6. The lowest BCUT2D eigenvalue weighted by Gasteiger charge is -2.05. The Bertz CT molecular complexity index is 758. The number of rotatable bonds is 5. The maximum Gasteiger partial charge on any atom is 0.149 e. The Morgan fingerprint density at radius 3 is 2.86 bits per heavy atom. The van der Waals surface area contributed by atoms with Crippen LogP contribution in [0.25, 0.3) is 0 Å². The molecule has 22 heavy (non-hydrogen) atoms. The number of aromatic nitrogens is 4. The molecule has 1 aromatic carbocycles. The molecule has 3 aromatic rings. The zero-order valence-corrected chi connectivity index (χ0v) is 11.6. The Labute approximate surface area is 125 Å². The fourth-order valence-corrected chi connectivity index (χ4v) is 1.99. The van der Waals surface area contributed by atoms with Gasteiger partial charge in [-0.15, -0.1) is 5.10 Å². The van der Waals surface area contributed by atoms with Gasteiger partial charge in [0.2, 0.25) is 0 Å². The third-order valence-corrected chi connectivity index (χ3v) is 3.04. The van der Waals surface area contributed by atoms with Gasteiger partial charge in [-0.2, -0.15) is 0 Å². The van der Waals surface area contributed by atoms with Gasteiger partial charge in [0.15, 0.2) is 0 Å². The predicted molar refractivity (Wildman–Crippen MR) is 77.0 cm³/mol. The highest BCUT2D eigenvalue weighted by atomic mass is 19.1. The van der Waals surface area contributed by atoms with Gasteiger partial charge in [-0.05, 0) is 23.8 Å². The fourth-order valence-electron chi connectivity index (χ4n) is 1.99. The molecule has 7 heteroatoms. The molecular formula is C15H13F2N5. The quantitative estimate of drug-likeness (QED) is 0.787. The maximum absolute atomic E-state index is 13.5. The molecule has 112 valence electrons. The molecule has 0 saturated carbocycles. The predicted octanol–water partition coefficient (Wildman–Crippen LogP) is 2.61. The molecule has 0 atom stereocenters. The molecular weight excluding hydrogens is 288 g/mol. The first-order valence-electron chi connectivity index (χ1n) is 6.67. The van der Waals surface area contributed by atoms with E-state index >= 15 is 0 Å². The van der Waals surface area contributed by atoms with E-state index < -0.39 is 11.6 Å². The fraction of sp³-hybridized carbons (Fsp3) is 0.133. The Kier molecular flexibility index (Phi) is 4.04. The summed E-state index contributed by atoms with van der Waals surface area (Å²) >= 11 is 0. The molecule has 2 heterocycles. The second kappa shape index (κ2) is 6.30. The van der Waals surface area contributed by atoms with Crippen LogP contribution in [0.2, 0.25) is 0 Å². The highest BCUT2D eigenvalue weighted by molar-refractivity contribution is 5.44. The summed E-state index contributed by atoms with van der Waals surface area (Å²) in [6.45, 7) is 0.862. The third-order valence-electron chi connectivity index (χ3n) is 3.04. The summed E-state index contributed by atoms with van der Waals surface area (Å²) < 4.78 is 28.0. The number of anilines is 1. The van der Waals surface area contributed by atoms with Crippen LogP contribution < -0.4 is 5.32 Å². The number of hydrogen-bond acceptors (Lipinski definition) is 4. The molecule has 1 N–H and O–H groups in total. The van der Waals surface area contributed by atoms with E-state index in [0.717, 1.165) is 11.6 Å². The van der Waals surface area contributed by atoms with Crippen LogP contribution in [0.3, 0.4) is 0 Å². The van der Waals surface area contributed by atoms with Gasteiger partial charge in [-0.25, -0.2) is 13.5 Å². The van der Waals surface area contributed by atoms with E-state index in [2.05, 4.69) is 20.6 Å². The third kappa shape index (κ3) is 3.43. The van der Waals surface area contributed by atoms with E-state index in [4.69, 9.17) is 0 Å². The van der Waals surface area contributed by atoms with Crippen LogP contribution in [0.4, 0.5) is 14.5 Å². The molecule has 0 bridgehead atoms. The summed E-state index contributed by atoms with van der Waals surface area (Å²) in [6.07, 6.45) is 5.23. The van der Waals surface area contributed by atoms with Crippen molar-refractivity contribution in [2.24, 2.45) is 0 Å². The van der Waals surface area contributed by atoms with Gasteiger partial charge in [0, 0.05) is 18.5 Å². The van der Waals surface area contributed by atoms with E-state index in [0.29, 0.717) is 18.8 Å². The highest BCUT2D eigenvalue weighted by Crippen LogP contribution is 2.15. The van der Waals surface area contributed by atoms with Crippen LogP contribution in [0.1, 0.15) is 11.3 Å². The molecule has 0 aliphatic heterocycles. The summed E-state index contributed by atoms with van der Waals surface area (Å²) in [4.78, 5) is 4.03. The van der Waals surface area contributed by atoms with E-state index in [1.165, 1.54) is 12.1 Å². The summed E-state index contributed by atoms with van der Waals surface area (Å²) in [5.41, 5.74) is 1.90. The number of nitrogens with zero attached hydrogens (tertiary/aromatic N) is 4. The molecule has 0 fully saturated rings. The molecule has 0 aliphatic carbocycles. The Balaban J connectivity index is 1.62. The zero-order chi connectivity index (χ0) is 15.4. The minimum absolute atomic E-state index is 0.225. The summed E-state index contributed by atoms with van der Waals surface area (Å²) in [5.74, 6) is -1.24. The molecule has 0 spiro atoms. The minimum Gasteiger partial charge on any atom is -0.377 e. The van der Waals surface area contributed by atoms with Crippen LogP contribution in [-0.2, 0) is 13.1 Å². The van der Waals surface area contributed by atoms with Gasteiger partial charge in [0.05, 0.1) is 25.0 Å². The average Bonchev–Trinajstić information content (AvgIpc) is 2.95. The molecule has 0 aliphatic rings. The lowest BCUT2D eigenvalue weighted by atomic mass is 10.3. The highest BCUT2D eigenvalue weighted by Gasteiger charge is 2.05. The van der Waals surface area contributed by atoms with E-state index in [-0.39, 0.29) is 5.69 Å². The Morgan fingerprint density at radius 1 is 1.18 bits per heavy atom. The lowest BCUT2D eigenvalue weighted by molar-refractivity contribution is 0.585. The minimum atomic E-state index is -0.636. The molecule has 0 unspecified atom stereocenters. The van der Waals surface area contributed by atoms with Gasteiger partial charge in [-0.1, -0.05) is 11.3 Å². The number of halogens is 2. The van der Waals surface area contributed by atoms with Gasteiger partial charge < -0.3 is 5.32 Å². The first-order chi connectivity index (χ1) is 10.7.